The van der Waals surface area contributed by atoms with Gasteiger partial charge in [0, 0.05) is 29.6 Å². The highest BCUT2D eigenvalue weighted by Gasteiger charge is 2.37. The molecule has 1 aromatic heterocycles. The highest BCUT2D eigenvalue weighted by atomic mass is 19.4. The Balaban J connectivity index is 1.79. The Morgan fingerprint density at radius 1 is 0.947 bits per heavy atom. The lowest BCUT2D eigenvalue weighted by atomic mass is 10.0. The van der Waals surface area contributed by atoms with E-state index in [1.54, 1.807) is 36.7 Å². The number of alkyl halides is 6. The van der Waals surface area contributed by atoms with Crippen molar-refractivity contribution in [3.8, 4) is 16.9 Å². The summed E-state index contributed by atoms with van der Waals surface area (Å²) < 4.78 is 81.4. The van der Waals surface area contributed by atoms with Gasteiger partial charge in [-0.25, -0.2) is 4.79 Å². The van der Waals surface area contributed by atoms with Crippen molar-refractivity contribution < 1.29 is 50.6 Å². The Kier molecular flexibility index (Phi) is 8.23. The number of aromatic nitrogens is 1. The van der Waals surface area contributed by atoms with Crippen LogP contribution in [0.4, 0.5) is 36.8 Å². The van der Waals surface area contributed by atoms with Crippen LogP contribution >= 0.6 is 0 Å². The van der Waals surface area contributed by atoms with Gasteiger partial charge < -0.3 is 9.84 Å². The SMILES string of the molecule is O=C(CC(=O)c1cccc(-c2cccnc2)c1)NN(C(=O)O)c1ccc(C(F)(F)F)c(OCC(F)(F)F)c1. The number of nitrogens with zero attached hydrogens (tertiary/aromatic N) is 2. The van der Waals surface area contributed by atoms with Crippen LogP contribution in [0.5, 0.6) is 5.75 Å². The van der Waals surface area contributed by atoms with E-state index in [1.807, 2.05) is 5.43 Å². The van der Waals surface area contributed by atoms with Gasteiger partial charge in [-0.2, -0.15) is 31.4 Å². The largest absolute Gasteiger partial charge is 0.483 e. The quantitative estimate of drug-likeness (QED) is 0.177. The number of ether oxygens (including phenoxy) is 1. The molecular formula is C24H17F6N3O5. The molecule has 0 atom stereocenters. The Bertz CT molecular complexity index is 1330. The van der Waals surface area contributed by atoms with E-state index >= 15 is 0 Å². The molecule has 0 saturated carbocycles. The first-order chi connectivity index (χ1) is 17.7. The Morgan fingerprint density at radius 2 is 1.66 bits per heavy atom. The molecule has 0 saturated heterocycles. The first kappa shape index (κ1) is 28.0. The van der Waals surface area contributed by atoms with Crippen LogP contribution in [-0.4, -0.2) is 40.7 Å². The number of ketones is 1. The van der Waals surface area contributed by atoms with Crippen molar-refractivity contribution in [1.29, 1.82) is 0 Å². The molecule has 200 valence electrons. The number of amides is 2. The van der Waals surface area contributed by atoms with Crippen LogP contribution in [0.15, 0.2) is 67.0 Å². The molecule has 38 heavy (non-hydrogen) atoms. The minimum atomic E-state index is -5.12. The summed E-state index contributed by atoms with van der Waals surface area (Å²) in [6.07, 6.45) is -9.73. The van der Waals surface area contributed by atoms with Gasteiger partial charge in [0.1, 0.15) is 5.75 Å². The zero-order valence-electron chi connectivity index (χ0n) is 19.0. The number of pyridine rings is 1. The summed E-state index contributed by atoms with van der Waals surface area (Å²) in [6.45, 7) is -2.08. The van der Waals surface area contributed by atoms with Crippen molar-refractivity contribution in [3.05, 3.63) is 78.1 Å². The summed E-state index contributed by atoms with van der Waals surface area (Å²) in [7, 11) is 0. The number of hydrogen-bond acceptors (Lipinski definition) is 5. The number of benzene rings is 2. The van der Waals surface area contributed by atoms with Gasteiger partial charge in [0.05, 0.1) is 17.7 Å². The number of hydrazine groups is 1. The number of hydrogen-bond donors (Lipinski definition) is 2. The molecule has 0 aliphatic carbocycles. The van der Waals surface area contributed by atoms with E-state index in [-0.39, 0.29) is 10.6 Å². The smallest absolute Gasteiger partial charge is 0.431 e. The molecule has 0 spiro atoms. The van der Waals surface area contributed by atoms with Crippen molar-refractivity contribution in [2.24, 2.45) is 0 Å². The number of carboxylic acid groups (broad SMARTS) is 1. The van der Waals surface area contributed by atoms with Crippen LogP contribution in [0, 0.1) is 0 Å². The molecule has 0 aliphatic heterocycles. The van der Waals surface area contributed by atoms with E-state index in [4.69, 9.17) is 0 Å². The fourth-order valence-electron chi connectivity index (χ4n) is 3.20. The lowest BCUT2D eigenvalue weighted by Crippen LogP contribution is -2.46. The fraction of sp³-hybridized carbons (Fsp3) is 0.167. The second-order valence-electron chi connectivity index (χ2n) is 7.66. The van der Waals surface area contributed by atoms with Crippen molar-refractivity contribution in [3.63, 3.8) is 0 Å². The van der Waals surface area contributed by atoms with E-state index in [9.17, 15) is 45.8 Å². The molecule has 0 bridgehead atoms. The average molecular weight is 541 g/mol. The highest BCUT2D eigenvalue weighted by Crippen LogP contribution is 2.39. The molecule has 0 aliphatic rings. The van der Waals surface area contributed by atoms with E-state index in [1.165, 1.54) is 12.1 Å². The molecule has 14 heteroatoms. The number of carbonyl (C=O) groups is 3. The molecule has 2 N–H and O–H groups in total. The van der Waals surface area contributed by atoms with Crippen LogP contribution in [0.1, 0.15) is 22.3 Å². The topological polar surface area (TPSA) is 109 Å². The molecule has 3 aromatic rings. The van der Waals surface area contributed by atoms with Crippen molar-refractivity contribution >= 4 is 23.5 Å². The monoisotopic (exact) mass is 541 g/mol. The van der Waals surface area contributed by atoms with Gasteiger partial charge in [0.15, 0.2) is 12.4 Å². The lowest BCUT2D eigenvalue weighted by molar-refractivity contribution is -0.158. The Labute approximate surface area is 210 Å². The number of rotatable bonds is 7. The van der Waals surface area contributed by atoms with E-state index in [0.29, 0.717) is 29.3 Å². The average Bonchev–Trinajstić information content (AvgIpc) is 2.85. The molecule has 0 unspecified atom stereocenters. The van der Waals surface area contributed by atoms with E-state index in [2.05, 4.69) is 9.72 Å². The van der Waals surface area contributed by atoms with Gasteiger partial charge >= 0.3 is 18.4 Å². The van der Waals surface area contributed by atoms with Crippen LogP contribution in [0.3, 0.4) is 0 Å². The first-order valence-corrected chi connectivity index (χ1v) is 10.5. The molecule has 0 radical (unpaired) electrons. The van der Waals surface area contributed by atoms with Crippen molar-refractivity contribution in [1.82, 2.24) is 10.4 Å². The molecule has 2 aromatic carbocycles. The van der Waals surface area contributed by atoms with Gasteiger partial charge in [-0.05, 0) is 29.8 Å². The van der Waals surface area contributed by atoms with Gasteiger partial charge in [-0.3, -0.25) is 20.0 Å². The summed E-state index contributed by atoms with van der Waals surface area (Å²) in [5, 5.41) is 9.50. The van der Waals surface area contributed by atoms with Gasteiger partial charge in [0.2, 0.25) is 5.91 Å². The standard InChI is InChI=1S/C24H17F6N3O5/c25-23(26,27)13-38-20-10-17(6-7-18(20)24(28,29)30)33(22(36)37)32-21(35)11-19(34)15-4-1-3-14(9-15)16-5-2-8-31-12-16/h1-10,12H,11,13H2,(H,32,35)(H,36,37). The minimum Gasteiger partial charge on any atom is -0.483 e. The third-order valence-corrected chi connectivity index (χ3v) is 4.85. The van der Waals surface area contributed by atoms with E-state index < -0.39 is 60.2 Å². The summed E-state index contributed by atoms with van der Waals surface area (Å²) in [5.41, 5.74) is 1.01. The summed E-state index contributed by atoms with van der Waals surface area (Å²) in [4.78, 5) is 40.7. The molecule has 0 fully saturated rings. The summed E-state index contributed by atoms with van der Waals surface area (Å²) in [5.74, 6) is -3.17. The first-order valence-electron chi connectivity index (χ1n) is 10.5. The summed E-state index contributed by atoms with van der Waals surface area (Å²) >= 11 is 0. The zero-order valence-corrected chi connectivity index (χ0v) is 19.0. The molecule has 8 nitrogen and oxygen atoms in total. The maximum absolute atomic E-state index is 13.2. The molecule has 1 heterocycles. The molecule has 3 rings (SSSR count). The molecule has 2 amide bonds. The van der Waals surface area contributed by atoms with Gasteiger partial charge in [-0.15, -0.1) is 0 Å². The van der Waals surface area contributed by atoms with Gasteiger partial charge in [0.25, 0.3) is 0 Å². The van der Waals surface area contributed by atoms with Crippen LogP contribution in [0.2, 0.25) is 0 Å². The second-order valence-corrected chi connectivity index (χ2v) is 7.66. The lowest BCUT2D eigenvalue weighted by Gasteiger charge is -2.22. The minimum absolute atomic E-state index is 0.0578. The Hall–Kier alpha value is -4.62. The van der Waals surface area contributed by atoms with Crippen molar-refractivity contribution in [2.75, 3.05) is 11.6 Å². The number of nitrogens with one attached hydrogen (secondary N) is 1. The molecular weight excluding hydrogens is 524 g/mol. The maximum atomic E-state index is 13.2. The fourth-order valence-corrected chi connectivity index (χ4v) is 3.20. The summed E-state index contributed by atoms with van der Waals surface area (Å²) in [6, 6.07) is 10.9. The third-order valence-electron chi connectivity index (χ3n) is 4.85. The van der Waals surface area contributed by atoms with Crippen LogP contribution in [0.25, 0.3) is 11.1 Å². The highest BCUT2D eigenvalue weighted by molar-refractivity contribution is 6.08. The number of anilines is 1. The van der Waals surface area contributed by atoms with Crippen LogP contribution in [-0.2, 0) is 11.0 Å². The van der Waals surface area contributed by atoms with Crippen LogP contribution < -0.4 is 15.2 Å². The Morgan fingerprint density at radius 3 is 2.26 bits per heavy atom. The zero-order chi connectivity index (χ0) is 28.1. The van der Waals surface area contributed by atoms with Gasteiger partial charge in [-0.1, -0.05) is 24.3 Å². The third kappa shape index (κ3) is 7.44. The number of Topliss-reactive ketones (excluding diaryl/α,β-unsaturated/α-hetero) is 1. The predicted octanol–water partition coefficient (Wildman–Crippen LogP) is 5.50. The second kappa shape index (κ2) is 11.2. The normalized spacial score (nSPS) is 11.5. The maximum Gasteiger partial charge on any atom is 0.431 e. The number of halogens is 6. The van der Waals surface area contributed by atoms with E-state index in [0.717, 1.165) is 0 Å². The predicted molar refractivity (Wildman–Crippen MR) is 120 cm³/mol. The van der Waals surface area contributed by atoms with Crippen molar-refractivity contribution in [2.45, 2.75) is 18.8 Å². The number of carbonyl (C=O) groups excluding carboxylic acids is 2.